The van der Waals surface area contributed by atoms with E-state index < -0.39 is 0 Å². The van der Waals surface area contributed by atoms with Crippen LogP contribution in [0.3, 0.4) is 0 Å². The van der Waals surface area contributed by atoms with Gasteiger partial charge in [-0.05, 0) is 36.8 Å². The molecule has 6 nitrogen and oxygen atoms in total. The van der Waals surface area contributed by atoms with Crippen molar-refractivity contribution >= 4 is 5.95 Å². The molecule has 1 saturated carbocycles. The van der Waals surface area contributed by atoms with Crippen LogP contribution in [-0.4, -0.2) is 26.2 Å². The van der Waals surface area contributed by atoms with Crippen LogP contribution in [0.2, 0.25) is 0 Å². The molecule has 0 saturated heterocycles. The van der Waals surface area contributed by atoms with Crippen LogP contribution in [0.1, 0.15) is 35.8 Å². The van der Waals surface area contributed by atoms with Gasteiger partial charge >= 0.3 is 0 Å². The molecule has 1 aromatic carbocycles. The molecule has 2 heterocycles. The number of aromatic nitrogens is 4. The quantitative estimate of drug-likeness (QED) is 0.796. The lowest BCUT2D eigenvalue weighted by Gasteiger charge is -2.11. The van der Waals surface area contributed by atoms with Gasteiger partial charge in [0.05, 0.1) is 5.56 Å². The summed E-state index contributed by atoms with van der Waals surface area (Å²) in [5.41, 5.74) is 3.57. The van der Waals surface area contributed by atoms with Gasteiger partial charge in [0.1, 0.15) is 0 Å². The summed E-state index contributed by atoms with van der Waals surface area (Å²) in [4.78, 5) is 8.80. The highest BCUT2D eigenvalue weighted by atomic mass is 16.4. The second-order valence-corrected chi connectivity index (χ2v) is 6.53. The van der Waals surface area contributed by atoms with Gasteiger partial charge in [0, 0.05) is 24.4 Å². The van der Waals surface area contributed by atoms with Crippen molar-refractivity contribution < 1.29 is 4.42 Å². The third kappa shape index (κ3) is 2.54. The maximum atomic E-state index is 5.69. The largest absolute Gasteiger partial charge is 0.420 e. The number of nitrogens with zero attached hydrogens (tertiary/aromatic N) is 4. The van der Waals surface area contributed by atoms with Crippen molar-refractivity contribution in [3.63, 3.8) is 0 Å². The minimum atomic E-state index is 0.345. The molecular weight excluding hydrogens is 302 g/mol. The first-order valence-electron chi connectivity index (χ1n) is 8.34. The Morgan fingerprint density at radius 2 is 1.67 bits per heavy atom. The molecule has 0 spiro atoms. The van der Waals surface area contributed by atoms with E-state index in [4.69, 9.17) is 4.42 Å². The van der Waals surface area contributed by atoms with Crippen LogP contribution in [0, 0.1) is 0 Å². The van der Waals surface area contributed by atoms with Gasteiger partial charge in [0.25, 0.3) is 5.89 Å². The fourth-order valence-electron chi connectivity index (χ4n) is 3.20. The molecule has 2 aromatic heterocycles. The van der Waals surface area contributed by atoms with Gasteiger partial charge in [-0.25, -0.2) is 9.97 Å². The molecule has 0 unspecified atom stereocenters. The molecule has 0 bridgehead atoms. The molecule has 1 N–H and O–H groups in total. The molecule has 24 heavy (non-hydrogen) atoms. The molecule has 2 aliphatic carbocycles. The van der Waals surface area contributed by atoms with Crippen molar-refractivity contribution in [2.45, 2.75) is 37.6 Å². The molecule has 0 radical (unpaired) electrons. The summed E-state index contributed by atoms with van der Waals surface area (Å²) in [6.07, 6.45) is 7.78. The van der Waals surface area contributed by atoms with Crippen molar-refractivity contribution in [3.8, 4) is 11.5 Å². The summed E-state index contributed by atoms with van der Waals surface area (Å²) in [7, 11) is 0. The zero-order chi connectivity index (χ0) is 15.9. The Morgan fingerprint density at radius 3 is 2.33 bits per heavy atom. The standard InChI is InChI=1S/C18H17N5O/c1-2-4-13-8-15(7-12(13)3-1)21-18-19-9-14(10-20-18)17-23-22-16(24-17)11-5-6-11/h1-4,9-11,15H,5-8H2,(H,19,20,21). The molecule has 0 atom stereocenters. The van der Waals surface area contributed by atoms with E-state index in [9.17, 15) is 0 Å². The fraction of sp³-hybridized carbons (Fsp3) is 0.333. The molecule has 0 amide bonds. The van der Waals surface area contributed by atoms with Crippen LogP contribution >= 0.6 is 0 Å². The molecule has 2 aliphatic rings. The lowest BCUT2D eigenvalue weighted by atomic mass is 10.1. The number of rotatable bonds is 4. The molecule has 3 aromatic rings. The number of hydrogen-bond donors (Lipinski definition) is 1. The summed E-state index contributed by atoms with van der Waals surface area (Å²) >= 11 is 0. The smallest absolute Gasteiger partial charge is 0.250 e. The van der Waals surface area contributed by atoms with Crippen molar-refractivity contribution in [1.29, 1.82) is 0 Å². The van der Waals surface area contributed by atoms with Crippen LogP contribution in [-0.2, 0) is 12.8 Å². The van der Waals surface area contributed by atoms with Crippen molar-refractivity contribution in [2.75, 3.05) is 5.32 Å². The van der Waals surface area contributed by atoms with Crippen molar-refractivity contribution in [1.82, 2.24) is 20.2 Å². The van der Waals surface area contributed by atoms with E-state index in [1.54, 1.807) is 12.4 Å². The van der Waals surface area contributed by atoms with Gasteiger partial charge in [0.2, 0.25) is 11.8 Å². The highest BCUT2D eigenvalue weighted by Gasteiger charge is 2.29. The van der Waals surface area contributed by atoms with E-state index in [1.807, 2.05) is 0 Å². The van der Waals surface area contributed by atoms with E-state index in [0.717, 1.165) is 37.1 Å². The van der Waals surface area contributed by atoms with Crippen LogP contribution < -0.4 is 5.32 Å². The number of anilines is 1. The lowest BCUT2D eigenvalue weighted by molar-refractivity contribution is 0.508. The molecule has 1 fully saturated rings. The Hall–Kier alpha value is -2.76. The summed E-state index contributed by atoms with van der Waals surface area (Å²) in [6.45, 7) is 0. The van der Waals surface area contributed by atoms with E-state index in [1.165, 1.54) is 11.1 Å². The zero-order valence-corrected chi connectivity index (χ0v) is 13.1. The predicted octanol–water partition coefficient (Wildman–Crippen LogP) is 2.98. The van der Waals surface area contributed by atoms with Gasteiger partial charge in [-0.2, -0.15) is 0 Å². The van der Waals surface area contributed by atoms with Crippen molar-refractivity contribution in [3.05, 3.63) is 53.7 Å². The summed E-state index contributed by atoms with van der Waals surface area (Å²) in [6, 6.07) is 8.90. The maximum absolute atomic E-state index is 5.69. The van der Waals surface area contributed by atoms with Gasteiger partial charge in [-0.1, -0.05) is 24.3 Å². The highest BCUT2D eigenvalue weighted by Crippen LogP contribution is 2.39. The number of hydrogen-bond acceptors (Lipinski definition) is 6. The molecular formula is C18H17N5O. The Labute approximate surface area is 139 Å². The minimum absolute atomic E-state index is 0.345. The highest BCUT2D eigenvalue weighted by molar-refractivity contribution is 5.50. The van der Waals surface area contributed by atoms with Crippen molar-refractivity contribution in [2.24, 2.45) is 0 Å². The Bertz CT molecular complexity index is 844. The molecule has 0 aliphatic heterocycles. The second kappa shape index (κ2) is 5.40. The predicted molar refractivity (Wildman–Crippen MR) is 88.6 cm³/mol. The topological polar surface area (TPSA) is 76.7 Å². The van der Waals surface area contributed by atoms with Gasteiger partial charge in [-0.3, -0.25) is 0 Å². The first-order chi connectivity index (χ1) is 11.8. The second-order valence-electron chi connectivity index (χ2n) is 6.53. The monoisotopic (exact) mass is 319 g/mol. The van der Waals surface area contributed by atoms with Crippen LogP contribution in [0.25, 0.3) is 11.5 Å². The van der Waals surface area contributed by atoms with Gasteiger partial charge < -0.3 is 9.73 Å². The summed E-state index contributed by atoms with van der Waals surface area (Å²) in [5.74, 6) is 2.32. The Morgan fingerprint density at radius 1 is 0.958 bits per heavy atom. The molecule has 5 rings (SSSR count). The van der Waals surface area contributed by atoms with Gasteiger partial charge in [0.15, 0.2) is 0 Å². The third-order valence-corrected chi connectivity index (χ3v) is 4.65. The van der Waals surface area contributed by atoms with E-state index in [2.05, 4.69) is 49.7 Å². The Balaban J connectivity index is 1.28. The third-order valence-electron chi connectivity index (χ3n) is 4.65. The molecule has 6 heteroatoms. The average Bonchev–Trinajstić information content (AvgIpc) is 3.19. The molecule has 120 valence electrons. The van der Waals surface area contributed by atoms with Gasteiger partial charge in [-0.15, -0.1) is 10.2 Å². The van der Waals surface area contributed by atoms with Crippen LogP contribution in [0.15, 0.2) is 41.1 Å². The van der Waals surface area contributed by atoms with E-state index in [-0.39, 0.29) is 0 Å². The van der Waals surface area contributed by atoms with Crippen LogP contribution in [0.5, 0.6) is 0 Å². The number of nitrogens with one attached hydrogen (secondary N) is 1. The summed E-state index contributed by atoms with van der Waals surface area (Å²) in [5, 5.41) is 11.6. The number of fused-ring (bicyclic) bond motifs is 1. The maximum Gasteiger partial charge on any atom is 0.250 e. The Kier molecular flexibility index (Phi) is 3.07. The first kappa shape index (κ1) is 13.7. The average molecular weight is 319 g/mol. The fourth-order valence-corrected chi connectivity index (χ4v) is 3.20. The number of benzene rings is 1. The lowest BCUT2D eigenvalue weighted by Crippen LogP contribution is -2.20. The normalized spacial score (nSPS) is 17.0. The SMILES string of the molecule is c1ccc2c(c1)CC(Nc1ncc(-c3nnc(C4CC4)o3)cn1)C2. The zero-order valence-electron chi connectivity index (χ0n) is 13.1. The van der Waals surface area contributed by atoms with Crippen LogP contribution in [0.4, 0.5) is 5.95 Å². The van der Waals surface area contributed by atoms with E-state index in [0.29, 0.717) is 23.8 Å². The first-order valence-corrected chi connectivity index (χ1v) is 8.34. The summed E-state index contributed by atoms with van der Waals surface area (Å²) < 4.78 is 5.69. The van der Waals surface area contributed by atoms with E-state index >= 15 is 0 Å². The minimum Gasteiger partial charge on any atom is -0.420 e.